The van der Waals surface area contributed by atoms with Crippen molar-refractivity contribution < 1.29 is 23.0 Å². The van der Waals surface area contributed by atoms with Gasteiger partial charge in [-0.05, 0) is 52.9 Å². The molecule has 172 valence electrons. The van der Waals surface area contributed by atoms with E-state index >= 15 is 0 Å². The van der Waals surface area contributed by atoms with E-state index in [0.717, 1.165) is 29.2 Å². The molecule has 1 aliphatic heterocycles. The minimum absolute atomic E-state index is 0.0545. The van der Waals surface area contributed by atoms with Crippen molar-refractivity contribution in [1.29, 1.82) is 0 Å². The van der Waals surface area contributed by atoms with E-state index in [1.807, 2.05) is 42.5 Å². The summed E-state index contributed by atoms with van der Waals surface area (Å²) in [5.41, 5.74) is 3.64. The highest BCUT2D eigenvalue weighted by Gasteiger charge is 2.31. The number of ether oxygens (including phenoxy) is 2. The summed E-state index contributed by atoms with van der Waals surface area (Å²) in [5.74, 6) is -0.237. The summed E-state index contributed by atoms with van der Waals surface area (Å²) in [6.45, 7) is 0.869. The Morgan fingerprint density at radius 3 is 2.33 bits per heavy atom. The van der Waals surface area contributed by atoms with E-state index in [2.05, 4.69) is 10.2 Å². The second-order valence-corrected chi connectivity index (χ2v) is 7.99. The number of fused-ring (bicyclic) bond motifs is 1. The summed E-state index contributed by atoms with van der Waals surface area (Å²) in [6, 6.07) is 17.1. The first kappa shape index (κ1) is 22.7. The van der Waals surface area contributed by atoms with Crippen LogP contribution in [0.1, 0.15) is 28.3 Å². The Morgan fingerprint density at radius 2 is 1.67 bits per heavy atom. The molecule has 1 aliphatic rings. The first-order valence-corrected chi connectivity index (χ1v) is 10.7. The molecule has 0 bridgehead atoms. The Balaban J connectivity index is 1.57. The lowest BCUT2D eigenvalue weighted by atomic mass is 9.87. The molecule has 0 saturated heterocycles. The Labute approximate surface area is 191 Å². The molecule has 0 aromatic heterocycles. The summed E-state index contributed by atoms with van der Waals surface area (Å²) in [7, 11) is 3.22. The standard InChI is InChI=1S/C26H26F2N2O3/c1-32-23-12-19-8-9-30(16-25(31)29-15-17-10-20(27)13-21(28)11-17)26(18-6-4-3-5-7-18)22(19)14-24(23)33-2/h3-7,10-14,26H,8-9,15-16H2,1-2H3,(H,29,31). The van der Waals surface area contributed by atoms with Crippen molar-refractivity contribution in [2.45, 2.75) is 19.0 Å². The van der Waals surface area contributed by atoms with Gasteiger partial charge in [-0.2, -0.15) is 0 Å². The maximum absolute atomic E-state index is 13.4. The van der Waals surface area contributed by atoms with Gasteiger partial charge in [0.25, 0.3) is 0 Å². The molecular formula is C26H26F2N2O3. The zero-order chi connectivity index (χ0) is 23.4. The highest BCUT2D eigenvalue weighted by atomic mass is 19.1. The second kappa shape index (κ2) is 10.0. The molecule has 0 fully saturated rings. The fourth-order valence-corrected chi connectivity index (χ4v) is 4.35. The number of hydrogen-bond donors (Lipinski definition) is 1. The van der Waals surface area contributed by atoms with Crippen LogP contribution in [0.3, 0.4) is 0 Å². The van der Waals surface area contributed by atoms with E-state index in [9.17, 15) is 13.6 Å². The summed E-state index contributed by atoms with van der Waals surface area (Å²) < 4.78 is 37.9. The molecule has 5 nitrogen and oxygen atoms in total. The van der Waals surface area contributed by atoms with Crippen molar-refractivity contribution in [3.05, 3.63) is 94.6 Å². The number of methoxy groups -OCH3 is 2. The maximum atomic E-state index is 13.4. The average molecular weight is 453 g/mol. The van der Waals surface area contributed by atoms with E-state index in [1.54, 1.807) is 14.2 Å². The predicted molar refractivity (Wildman–Crippen MR) is 121 cm³/mol. The zero-order valence-corrected chi connectivity index (χ0v) is 18.6. The molecule has 1 N–H and O–H groups in total. The highest BCUT2D eigenvalue weighted by molar-refractivity contribution is 5.78. The van der Waals surface area contributed by atoms with Gasteiger partial charge in [0.1, 0.15) is 11.6 Å². The van der Waals surface area contributed by atoms with Gasteiger partial charge >= 0.3 is 0 Å². The quantitative estimate of drug-likeness (QED) is 0.583. The number of nitrogens with zero attached hydrogens (tertiary/aromatic N) is 1. The van der Waals surface area contributed by atoms with Crippen molar-refractivity contribution in [3.63, 3.8) is 0 Å². The number of carbonyl (C=O) groups excluding carboxylic acids is 1. The SMILES string of the molecule is COc1cc2c(cc1OC)C(c1ccccc1)N(CC(=O)NCc1cc(F)cc(F)c1)CC2. The maximum Gasteiger partial charge on any atom is 0.234 e. The third kappa shape index (κ3) is 5.14. The molecule has 0 radical (unpaired) electrons. The third-order valence-electron chi connectivity index (χ3n) is 5.85. The van der Waals surface area contributed by atoms with Crippen LogP contribution in [-0.4, -0.2) is 38.1 Å². The molecule has 1 atom stereocenters. The normalized spacial score (nSPS) is 15.6. The van der Waals surface area contributed by atoms with Crippen molar-refractivity contribution >= 4 is 5.91 Å². The van der Waals surface area contributed by atoms with Crippen LogP contribution in [0.4, 0.5) is 8.78 Å². The Morgan fingerprint density at radius 1 is 1.00 bits per heavy atom. The predicted octanol–water partition coefficient (Wildman–Crippen LogP) is 4.25. The first-order valence-electron chi connectivity index (χ1n) is 10.7. The molecule has 33 heavy (non-hydrogen) atoms. The monoisotopic (exact) mass is 452 g/mol. The molecule has 0 aliphatic carbocycles. The van der Waals surface area contributed by atoms with Crippen LogP contribution < -0.4 is 14.8 Å². The molecular weight excluding hydrogens is 426 g/mol. The number of amides is 1. The van der Waals surface area contributed by atoms with E-state index in [1.165, 1.54) is 12.1 Å². The van der Waals surface area contributed by atoms with Crippen molar-refractivity contribution in [3.8, 4) is 11.5 Å². The topological polar surface area (TPSA) is 50.8 Å². The fraction of sp³-hybridized carbons (Fsp3) is 0.269. The van der Waals surface area contributed by atoms with Gasteiger partial charge in [0.2, 0.25) is 5.91 Å². The average Bonchev–Trinajstić information content (AvgIpc) is 2.81. The molecule has 1 unspecified atom stereocenters. The third-order valence-corrected chi connectivity index (χ3v) is 5.85. The molecule has 1 heterocycles. The van der Waals surface area contributed by atoms with Crippen LogP contribution in [0.5, 0.6) is 11.5 Å². The minimum Gasteiger partial charge on any atom is -0.493 e. The van der Waals surface area contributed by atoms with Gasteiger partial charge in [-0.15, -0.1) is 0 Å². The van der Waals surface area contributed by atoms with Gasteiger partial charge in [-0.3, -0.25) is 9.69 Å². The van der Waals surface area contributed by atoms with Crippen LogP contribution in [0, 0.1) is 11.6 Å². The van der Waals surface area contributed by atoms with Gasteiger partial charge in [0.05, 0.1) is 26.8 Å². The molecule has 3 aromatic rings. The Kier molecular flexibility index (Phi) is 6.89. The lowest BCUT2D eigenvalue weighted by Gasteiger charge is -2.37. The smallest absolute Gasteiger partial charge is 0.234 e. The van der Waals surface area contributed by atoms with Crippen molar-refractivity contribution in [2.75, 3.05) is 27.3 Å². The van der Waals surface area contributed by atoms with E-state index in [0.29, 0.717) is 23.6 Å². The lowest BCUT2D eigenvalue weighted by Crippen LogP contribution is -2.43. The van der Waals surface area contributed by atoms with E-state index in [-0.39, 0.29) is 25.0 Å². The van der Waals surface area contributed by atoms with Gasteiger partial charge in [0.15, 0.2) is 11.5 Å². The highest BCUT2D eigenvalue weighted by Crippen LogP contribution is 2.40. The van der Waals surface area contributed by atoms with Gasteiger partial charge in [-0.1, -0.05) is 30.3 Å². The molecule has 0 spiro atoms. The van der Waals surface area contributed by atoms with Crippen LogP contribution in [0.15, 0.2) is 60.7 Å². The fourth-order valence-electron chi connectivity index (χ4n) is 4.35. The summed E-state index contributed by atoms with van der Waals surface area (Å²) >= 11 is 0. The Bertz CT molecular complexity index is 1120. The molecule has 7 heteroatoms. The summed E-state index contributed by atoms with van der Waals surface area (Å²) in [4.78, 5) is 14.9. The van der Waals surface area contributed by atoms with Crippen molar-refractivity contribution in [2.24, 2.45) is 0 Å². The first-order chi connectivity index (χ1) is 16.0. The molecule has 1 amide bonds. The Hall–Kier alpha value is -3.45. The van der Waals surface area contributed by atoms with Gasteiger partial charge in [-0.25, -0.2) is 8.78 Å². The number of halogens is 2. The summed E-state index contributed by atoms with van der Waals surface area (Å²) in [5, 5.41) is 2.78. The molecule has 0 saturated carbocycles. The molecule has 3 aromatic carbocycles. The van der Waals surface area contributed by atoms with Gasteiger partial charge in [0, 0.05) is 19.2 Å². The number of nitrogens with one attached hydrogen (secondary N) is 1. The number of benzene rings is 3. The lowest BCUT2D eigenvalue weighted by molar-refractivity contribution is -0.122. The van der Waals surface area contributed by atoms with Crippen LogP contribution in [-0.2, 0) is 17.8 Å². The second-order valence-electron chi connectivity index (χ2n) is 7.99. The summed E-state index contributed by atoms with van der Waals surface area (Å²) in [6.07, 6.45) is 0.751. The zero-order valence-electron chi connectivity index (χ0n) is 18.6. The van der Waals surface area contributed by atoms with Gasteiger partial charge < -0.3 is 14.8 Å². The largest absolute Gasteiger partial charge is 0.493 e. The number of hydrogen-bond acceptors (Lipinski definition) is 4. The van der Waals surface area contributed by atoms with E-state index < -0.39 is 11.6 Å². The van der Waals surface area contributed by atoms with E-state index in [4.69, 9.17) is 9.47 Å². The van der Waals surface area contributed by atoms with Crippen LogP contribution >= 0.6 is 0 Å². The number of rotatable bonds is 7. The minimum atomic E-state index is -0.666. The van der Waals surface area contributed by atoms with Crippen LogP contribution in [0.25, 0.3) is 0 Å². The van der Waals surface area contributed by atoms with Crippen molar-refractivity contribution in [1.82, 2.24) is 10.2 Å². The molecule has 4 rings (SSSR count). The number of carbonyl (C=O) groups is 1. The van der Waals surface area contributed by atoms with Crippen LogP contribution in [0.2, 0.25) is 0 Å².